The molecular formula is C12H13F3N4O. The van der Waals surface area contributed by atoms with Crippen molar-refractivity contribution in [2.45, 2.75) is 12.4 Å². The lowest BCUT2D eigenvalue weighted by Crippen LogP contribution is -2.30. The maximum atomic E-state index is 12.2. The van der Waals surface area contributed by atoms with E-state index < -0.39 is 12.4 Å². The highest BCUT2D eigenvalue weighted by Gasteiger charge is 2.31. The van der Waals surface area contributed by atoms with Gasteiger partial charge in [0.25, 0.3) is 0 Å². The highest BCUT2D eigenvalue weighted by atomic mass is 19.4. The lowest BCUT2D eigenvalue weighted by atomic mass is 10.1. The summed E-state index contributed by atoms with van der Waals surface area (Å²) in [5.41, 5.74) is 3.05. The van der Waals surface area contributed by atoms with Crippen molar-refractivity contribution >= 4 is 0 Å². The molecule has 0 aliphatic carbocycles. The molecule has 5 nitrogen and oxygen atoms in total. The maximum Gasteiger partial charge on any atom is 0.573 e. The fourth-order valence-electron chi connectivity index (χ4n) is 1.87. The van der Waals surface area contributed by atoms with E-state index >= 15 is 0 Å². The largest absolute Gasteiger partial charge is 0.573 e. The van der Waals surface area contributed by atoms with Gasteiger partial charge in [0.05, 0.1) is 0 Å². The van der Waals surface area contributed by atoms with Gasteiger partial charge in [0.1, 0.15) is 17.6 Å². The monoisotopic (exact) mass is 286 g/mol. The van der Waals surface area contributed by atoms with Crippen LogP contribution in [0.2, 0.25) is 0 Å². The van der Waals surface area contributed by atoms with Crippen molar-refractivity contribution in [3.8, 4) is 5.75 Å². The molecule has 0 saturated carbocycles. The summed E-state index contributed by atoms with van der Waals surface area (Å²) in [7, 11) is 1.77. The molecule has 0 saturated heterocycles. The normalized spacial score (nSPS) is 13.2. The molecule has 1 aromatic heterocycles. The molecule has 0 aliphatic heterocycles. The Kier molecular flexibility index (Phi) is 3.96. The smallest absolute Gasteiger partial charge is 0.406 e. The number of benzene rings is 1. The van der Waals surface area contributed by atoms with Crippen molar-refractivity contribution in [3.05, 3.63) is 48.0 Å². The van der Waals surface area contributed by atoms with Gasteiger partial charge < -0.3 is 9.30 Å². The van der Waals surface area contributed by atoms with Crippen molar-refractivity contribution in [1.82, 2.24) is 15.0 Å². The van der Waals surface area contributed by atoms with E-state index in [1.165, 1.54) is 18.2 Å². The van der Waals surface area contributed by atoms with E-state index in [4.69, 9.17) is 5.84 Å². The van der Waals surface area contributed by atoms with E-state index in [0.717, 1.165) is 0 Å². The molecule has 0 spiro atoms. The minimum atomic E-state index is -4.73. The van der Waals surface area contributed by atoms with Crippen LogP contribution >= 0.6 is 0 Å². The molecule has 2 rings (SSSR count). The van der Waals surface area contributed by atoms with Crippen molar-refractivity contribution in [1.29, 1.82) is 0 Å². The molecule has 0 amide bonds. The lowest BCUT2D eigenvalue weighted by Gasteiger charge is -2.17. The first-order valence-corrected chi connectivity index (χ1v) is 5.70. The van der Waals surface area contributed by atoms with Gasteiger partial charge in [0.15, 0.2) is 0 Å². The molecule has 2 aromatic rings. The van der Waals surface area contributed by atoms with Gasteiger partial charge >= 0.3 is 6.36 Å². The van der Waals surface area contributed by atoms with Crippen LogP contribution in [0.3, 0.4) is 0 Å². The summed E-state index contributed by atoms with van der Waals surface area (Å²) in [6, 6.07) is 5.06. The number of ether oxygens (including phenoxy) is 1. The third-order valence-electron chi connectivity index (χ3n) is 2.71. The summed E-state index contributed by atoms with van der Waals surface area (Å²) in [5.74, 6) is 5.75. The maximum absolute atomic E-state index is 12.2. The molecule has 108 valence electrons. The van der Waals surface area contributed by atoms with Crippen LogP contribution in [0.5, 0.6) is 5.75 Å². The molecule has 8 heteroatoms. The number of nitrogens with one attached hydrogen (secondary N) is 1. The topological polar surface area (TPSA) is 65.1 Å². The summed E-state index contributed by atoms with van der Waals surface area (Å²) in [6.45, 7) is 0. The van der Waals surface area contributed by atoms with E-state index in [-0.39, 0.29) is 5.75 Å². The minimum absolute atomic E-state index is 0.301. The third-order valence-corrected chi connectivity index (χ3v) is 2.71. The molecule has 3 N–H and O–H groups in total. The number of halogens is 3. The number of aromatic nitrogens is 2. The summed E-state index contributed by atoms with van der Waals surface area (Å²) < 4.78 is 42.3. The fourth-order valence-corrected chi connectivity index (χ4v) is 1.87. The van der Waals surface area contributed by atoms with Crippen molar-refractivity contribution < 1.29 is 17.9 Å². The zero-order valence-electron chi connectivity index (χ0n) is 10.6. The van der Waals surface area contributed by atoms with Gasteiger partial charge in [0, 0.05) is 19.4 Å². The first kappa shape index (κ1) is 14.4. The molecule has 1 aromatic carbocycles. The van der Waals surface area contributed by atoms with Crippen LogP contribution < -0.4 is 16.0 Å². The number of aryl methyl sites for hydroxylation is 1. The SMILES string of the molecule is Cn1ccnc1C(NN)c1cccc(OC(F)(F)F)c1. The van der Waals surface area contributed by atoms with Gasteiger partial charge in [0.2, 0.25) is 0 Å². The van der Waals surface area contributed by atoms with Crippen molar-refractivity contribution in [2.75, 3.05) is 0 Å². The summed E-state index contributed by atoms with van der Waals surface area (Å²) in [6.07, 6.45) is -1.43. The van der Waals surface area contributed by atoms with E-state index in [1.807, 2.05) is 0 Å². The standard InChI is InChI=1S/C12H13F3N4O/c1-19-6-5-17-11(19)10(18-16)8-3-2-4-9(7-8)20-12(13,14)15/h2-7,10,18H,16H2,1H3. The Morgan fingerprint density at radius 1 is 1.40 bits per heavy atom. The number of rotatable bonds is 4. The molecule has 1 heterocycles. The quantitative estimate of drug-likeness (QED) is 0.665. The number of nitrogens with two attached hydrogens (primary N) is 1. The second-order valence-corrected chi connectivity index (χ2v) is 4.12. The van der Waals surface area contributed by atoms with Crippen LogP contribution in [-0.2, 0) is 7.05 Å². The number of alkyl halides is 3. The zero-order chi connectivity index (χ0) is 14.8. The minimum Gasteiger partial charge on any atom is -0.406 e. The Balaban J connectivity index is 2.32. The van der Waals surface area contributed by atoms with E-state index in [2.05, 4.69) is 15.1 Å². The van der Waals surface area contributed by atoms with Gasteiger partial charge in [-0.05, 0) is 17.7 Å². The van der Waals surface area contributed by atoms with Gasteiger partial charge in [-0.2, -0.15) is 0 Å². The molecule has 0 radical (unpaired) electrons. The second kappa shape index (κ2) is 5.51. The molecular weight excluding hydrogens is 273 g/mol. The Hall–Kier alpha value is -2.06. The zero-order valence-corrected chi connectivity index (χ0v) is 10.6. The molecule has 1 atom stereocenters. The Labute approximate surface area is 113 Å². The van der Waals surface area contributed by atoms with E-state index in [9.17, 15) is 13.2 Å². The summed E-state index contributed by atoms with van der Waals surface area (Å²) >= 11 is 0. The average Bonchev–Trinajstić information content (AvgIpc) is 2.75. The highest BCUT2D eigenvalue weighted by molar-refractivity contribution is 5.33. The molecule has 0 aliphatic rings. The summed E-state index contributed by atoms with van der Waals surface area (Å²) in [4.78, 5) is 4.13. The third kappa shape index (κ3) is 3.28. The van der Waals surface area contributed by atoms with Crippen LogP contribution in [0, 0.1) is 0 Å². The van der Waals surface area contributed by atoms with Crippen molar-refractivity contribution in [2.24, 2.45) is 12.9 Å². The van der Waals surface area contributed by atoms with Crippen LogP contribution in [0.4, 0.5) is 13.2 Å². The number of imidazole rings is 1. The van der Waals surface area contributed by atoms with Crippen LogP contribution in [0.1, 0.15) is 17.4 Å². The van der Waals surface area contributed by atoms with Gasteiger partial charge in [-0.25, -0.2) is 10.4 Å². The predicted molar refractivity (Wildman–Crippen MR) is 65.5 cm³/mol. The van der Waals surface area contributed by atoms with Crippen molar-refractivity contribution in [3.63, 3.8) is 0 Å². The first-order chi connectivity index (χ1) is 9.40. The fraction of sp³-hybridized carbons (Fsp3) is 0.250. The van der Waals surface area contributed by atoms with Crippen LogP contribution in [0.15, 0.2) is 36.7 Å². The van der Waals surface area contributed by atoms with Gasteiger partial charge in [-0.15, -0.1) is 13.2 Å². The van der Waals surface area contributed by atoms with Gasteiger partial charge in [-0.3, -0.25) is 5.84 Å². The Morgan fingerprint density at radius 2 is 2.15 bits per heavy atom. The van der Waals surface area contributed by atoms with E-state index in [0.29, 0.717) is 11.4 Å². The van der Waals surface area contributed by atoms with E-state index in [1.54, 1.807) is 30.1 Å². The predicted octanol–water partition coefficient (Wildman–Crippen LogP) is 1.87. The Bertz CT molecular complexity index is 582. The number of nitrogens with zero attached hydrogens (tertiary/aromatic N) is 2. The van der Waals surface area contributed by atoms with Crippen LogP contribution in [-0.4, -0.2) is 15.9 Å². The van der Waals surface area contributed by atoms with Gasteiger partial charge in [-0.1, -0.05) is 12.1 Å². The molecule has 0 fully saturated rings. The number of hydrogen-bond donors (Lipinski definition) is 2. The van der Waals surface area contributed by atoms with Crippen LogP contribution in [0.25, 0.3) is 0 Å². The highest BCUT2D eigenvalue weighted by Crippen LogP contribution is 2.27. The molecule has 1 unspecified atom stereocenters. The average molecular weight is 286 g/mol. The number of hydrogen-bond acceptors (Lipinski definition) is 4. The lowest BCUT2D eigenvalue weighted by molar-refractivity contribution is -0.274. The first-order valence-electron chi connectivity index (χ1n) is 5.70. The Morgan fingerprint density at radius 3 is 2.70 bits per heavy atom. The molecule has 0 bridgehead atoms. The molecule has 20 heavy (non-hydrogen) atoms. The second-order valence-electron chi connectivity index (χ2n) is 4.12. The summed E-state index contributed by atoms with van der Waals surface area (Å²) in [5, 5.41) is 0. The number of hydrazine groups is 1.